The second-order valence-corrected chi connectivity index (χ2v) is 5.69. The average Bonchev–Trinajstić information content (AvgIpc) is 2.53. The Hall–Kier alpha value is -2.62. The zero-order valence-electron chi connectivity index (χ0n) is 13.7. The number of para-hydroxylation sites is 1. The number of hydrazone groups is 1. The zero-order valence-corrected chi connectivity index (χ0v) is 13.7. The van der Waals surface area contributed by atoms with Crippen molar-refractivity contribution in [3.8, 4) is 5.75 Å². The highest BCUT2D eigenvalue weighted by Gasteiger charge is 2.08. The van der Waals surface area contributed by atoms with Crippen LogP contribution >= 0.6 is 0 Å². The Morgan fingerprint density at radius 1 is 1.22 bits per heavy atom. The molecule has 2 aromatic carbocycles. The Morgan fingerprint density at radius 3 is 2.74 bits per heavy atom. The minimum absolute atomic E-state index is 0.0606. The van der Waals surface area contributed by atoms with E-state index in [4.69, 9.17) is 4.74 Å². The van der Waals surface area contributed by atoms with Gasteiger partial charge in [-0.3, -0.25) is 4.79 Å². The topological polar surface area (TPSA) is 50.7 Å². The molecule has 1 amide bonds. The molecule has 2 aromatic rings. The lowest BCUT2D eigenvalue weighted by molar-refractivity contribution is -0.123. The summed E-state index contributed by atoms with van der Waals surface area (Å²) in [5.74, 6) is 0.793. The van der Waals surface area contributed by atoms with Crippen molar-refractivity contribution in [2.24, 2.45) is 5.10 Å². The molecule has 120 valence electrons. The standard InChI is InChI=1S/C19H22N2O2/c1-14(2)17-9-4-5-10-18(17)23-13-19(22)21-20-12-16-8-6-7-15(3)11-16/h4-12,14H,13H2,1-3H3,(H,21,22). The van der Waals surface area contributed by atoms with Crippen LogP contribution in [-0.2, 0) is 4.79 Å². The van der Waals surface area contributed by atoms with Crippen molar-refractivity contribution >= 4 is 12.1 Å². The fraction of sp³-hybridized carbons (Fsp3) is 0.263. The number of aryl methyl sites for hydroxylation is 1. The summed E-state index contributed by atoms with van der Waals surface area (Å²) in [6.45, 7) is 6.13. The highest BCUT2D eigenvalue weighted by atomic mass is 16.5. The molecule has 0 radical (unpaired) electrons. The van der Waals surface area contributed by atoms with Gasteiger partial charge in [0.15, 0.2) is 6.61 Å². The fourth-order valence-corrected chi connectivity index (χ4v) is 2.19. The van der Waals surface area contributed by atoms with E-state index >= 15 is 0 Å². The van der Waals surface area contributed by atoms with E-state index in [1.54, 1.807) is 6.21 Å². The number of benzene rings is 2. The number of carbonyl (C=O) groups is 1. The number of carbonyl (C=O) groups excluding carboxylic acids is 1. The first-order valence-electron chi connectivity index (χ1n) is 7.66. The van der Waals surface area contributed by atoms with Crippen LogP contribution in [0.4, 0.5) is 0 Å². The van der Waals surface area contributed by atoms with Crippen molar-refractivity contribution in [3.05, 3.63) is 65.2 Å². The van der Waals surface area contributed by atoms with E-state index in [2.05, 4.69) is 24.4 Å². The molecule has 0 bridgehead atoms. The lowest BCUT2D eigenvalue weighted by Crippen LogP contribution is -2.24. The monoisotopic (exact) mass is 310 g/mol. The Morgan fingerprint density at radius 2 is 2.00 bits per heavy atom. The average molecular weight is 310 g/mol. The first-order chi connectivity index (χ1) is 11.1. The summed E-state index contributed by atoms with van der Waals surface area (Å²) < 4.78 is 5.60. The van der Waals surface area contributed by atoms with Gasteiger partial charge in [0, 0.05) is 0 Å². The van der Waals surface area contributed by atoms with Crippen LogP contribution in [-0.4, -0.2) is 18.7 Å². The van der Waals surface area contributed by atoms with Gasteiger partial charge in [-0.25, -0.2) is 5.43 Å². The van der Waals surface area contributed by atoms with Gasteiger partial charge in [-0.15, -0.1) is 0 Å². The minimum atomic E-state index is -0.285. The summed E-state index contributed by atoms with van der Waals surface area (Å²) in [7, 11) is 0. The van der Waals surface area contributed by atoms with Gasteiger partial charge >= 0.3 is 0 Å². The van der Waals surface area contributed by atoms with Crippen LogP contribution in [0.2, 0.25) is 0 Å². The van der Waals surface area contributed by atoms with Crippen LogP contribution in [0.1, 0.15) is 36.5 Å². The fourth-order valence-electron chi connectivity index (χ4n) is 2.19. The third-order valence-corrected chi connectivity index (χ3v) is 3.34. The summed E-state index contributed by atoms with van der Waals surface area (Å²) in [4.78, 5) is 11.8. The Labute approximate surface area is 137 Å². The van der Waals surface area contributed by atoms with Crippen molar-refractivity contribution in [1.82, 2.24) is 5.43 Å². The minimum Gasteiger partial charge on any atom is -0.483 e. The van der Waals surface area contributed by atoms with E-state index in [1.807, 2.05) is 55.5 Å². The van der Waals surface area contributed by atoms with Gasteiger partial charge in [0.05, 0.1) is 6.21 Å². The van der Waals surface area contributed by atoms with Crippen LogP contribution in [0.3, 0.4) is 0 Å². The van der Waals surface area contributed by atoms with E-state index < -0.39 is 0 Å². The maximum atomic E-state index is 11.8. The van der Waals surface area contributed by atoms with Crippen molar-refractivity contribution in [1.29, 1.82) is 0 Å². The van der Waals surface area contributed by atoms with Crippen molar-refractivity contribution in [2.75, 3.05) is 6.61 Å². The molecule has 4 nitrogen and oxygen atoms in total. The highest BCUT2D eigenvalue weighted by molar-refractivity contribution is 5.83. The van der Waals surface area contributed by atoms with Crippen molar-refractivity contribution in [2.45, 2.75) is 26.7 Å². The van der Waals surface area contributed by atoms with Crippen LogP contribution in [0.5, 0.6) is 5.75 Å². The summed E-state index contributed by atoms with van der Waals surface area (Å²) in [5, 5.41) is 3.95. The smallest absolute Gasteiger partial charge is 0.277 e. The van der Waals surface area contributed by atoms with Gasteiger partial charge in [-0.05, 0) is 30.0 Å². The third kappa shape index (κ3) is 5.25. The quantitative estimate of drug-likeness (QED) is 0.654. The van der Waals surface area contributed by atoms with Crippen LogP contribution in [0, 0.1) is 6.92 Å². The summed E-state index contributed by atoms with van der Waals surface area (Å²) in [6, 6.07) is 15.6. The van der Waals surface area contributed by atoms with Crippen molar-refractivity contribution in [3.63, 3.8) is 0 Å². The molecule has 0 aliphatic carbocycles. The van der Waals surface area contributed by atoms with E-state index in [0.717, 1.165) is 22.4 Å². The lowest BCUT2D eigenvalue weighted by atomic mass is 10.0. The predicted molar refractivity (Wildman–Crippen MR) is 92.9 cm³/mol. The third-order valence-electron chi connectivity index (χ3n) is 3.34. The molecule has 0 unspecified atom stereocenters. The first-order valence-corrected chi connectivity index (χ1v) is 7.66. The largest absolute Gasteiger partial charge is 0.483 e. The number of nitrogens with zero attached hydrogens (tertiary/aromatic N) is 1. The molecule has 0 saturated carbocycles. The second kappa shape index (κ2) is 8.13. The van der Waals surface area contributed by atoms with E-state index in [1.165, 1.54) is 0 Å². The summed E-state index contributed by atoms with van der Waals surface area (Å²) in [6.07, 6.45) is 1.62. The number of amides is 1. The van der Waals surface area contributed by atoms with Gasteiger partial charge in [-0.2, -0.15) is 5.10 Å². The zero-order chi connectivity index (χ0) is 16.7. The molecule has 1 N–H and O–H groups in total. The first kappa shape index (κ1) is 16.7. The molecular weight excluding hydrogens is 288 g/mol. The second-order valence-electron chi connectivity index (χ2n) is 5.69. The molecule has 4 heteroatoms. The number of ether oxygens (including phenoxy) is 1. The summed E-state index contributed by atoms with van der Waals surface area (Å²) >= 11 is 0. The molecule has 0 saturated heterocycles. The normalized spacial score (nSPS) is 11.0. The number of nitrogens with one attached hydrogen (secondary N) is 1. The van der Waals surface area contributed by atoms with Crippen molar-refractivity contribution < 1.29 is 9.53 Å². The van der Waals surface area contributed by atoms with E-state index in [9.17, 15) is 4.79 Å². The molecule has 0 aliphatic rings. The van der Waals surface area contributed by atoms with Gasteiger partial charge in [0.25, 0.3) is 5.91 Å². The SMILES string of the molecule is Cc1cccc(C=NNC(=O)COc2ccccc2C(C)C)c1. The maximum Gasteiger partial charge on any atom is 0.277 e. The maximum absolute atomic E-state index is 11.8. The number of hydrogen-bond acceptors (Lipinski definition) is 3. The van der Waals surface area contributed by atoms with Crippen LogP contribution in [0.25, 0.3) is 0 Å². The Bertz CT molecular complexity index is 693. The Kier molecular flexibility index (Phi) is 5.92. The van der Waals surface area contributed by atoms with Gasteiger partial charge in [0.2, 0.25) is 0 Å². The van der Waals surface area contributed by atoms with Gasteiger partial charge < -0.3 is 4.74 Å². The van der Waals surface area contributed by atoms with E-state index in [0.29, 0.717) is 5.92 Å². The number of hydrogen-bond donors (Lipinski definition) is 1. The highest BCUT2D eigenvalue weighted by Crippen LogP contribution is 2.25. The molecular formula is C19H22N2O2. The molecule has 0 spiro atoms. The van der Waals surface area contributed by atoms with Gasteiger partial charge in [0.1, 0.15) is 5.75 Å². The molecule has 0 atom stereocenters. The van der Waals surface area contributed by atoms with Crippen LogP contribution in [0.15, 0.2) is 53.6 Å². The molecule has 0 fully saturated rings. The lowest BCUT2D eigenvalue weighted by Gasteiger charge is -2.12. The number of rotatable bonds is 6. The molecule has 0 aliphatic heterocycles. The predicted octanol–water partition coefficient (Wildman–Crippen LogP) is 3.65. The molecule has 2 rings (SSSR count). The van der Waals surface area contributed by atoms with Crippen LogP contribution < -0.4 is 10.2 Å². The Balaban J connectivity index is 1.86. The van der Waals surface area contributed by atoms with Gasteiger partial charge in [-0.1, -0.05) is 61.9 Å². The molecule has 0 heterocycles. The molecule has 23 heavy (non-hydrogen) atoms. The van der Waals surface area contributed by atoms with E-state index in [-0.39, 0.29) is 12.5 Å². The molecule has 0 aromatic heterocycles. The summed E-state index contributed by atoms with van der Waals surface area (Å²) in [5.41, 5.74) is 5.65.